The summed E-state index contributed by atoms with van der Waals surface area (Å²) in [6.45, 7) is 9.47. The largest absolute Gasteiger partial charge is 0.466 e. The molecule has 0 unspecified atom stereocenters. The minimum atomic E-state index is -0.818. The summed E-state index contributed by atoms with van der Waals surface area (Å²) < 4.78 is 10.6. The van der Waals surface area contributed by atoms with Gasteiger partial charge in [0.2, 0.25) is 0 Å². The average molecular weight is 321 g/mol. The van der Waals surface area contributed by atoms with Gasteiger partial charge in [-0.1, -0.05) is 26.7 Å². The van der Waals surface area contributed by atoms with Crippen molar-refractivity contribution in [3.05, 3.63) is 23.2 Å². The van der Waals surface area contributed by atoms with Gasteiger partial charge in [-0.25, -0.2) is 4.79 Å². The Morgan fingerprint density at radius 1 is 1.30 bits per heavy atom. The minimum Gasteiger partial charge on any atom is -0.466 e. The molecule has 1 aliphatic carbocycles. The van der Waals surface area contributed by atoms with Crippen LogP contribution >= 0.6 is 0 Å². The van der Waals surface area contributed by atoms with Crippen LogP contribution < -0.4 is 5.32 Å². The van der Waals surface area contributed by atoms with Crippen LogP contribution in [0.1, 0.15) is 61.9 Å². The molecule has 1 heterocycles. The standard InChI is InChI=1S/C18H27NO4/c1-10-7-6-8-16(12(10)3)19-17(20)14(5)23-18(21)15-9-11(2)22-13(15)4/h9-10,12,14,16H,6-8H2,1-5H3,(H,19,20)/t10-,12-,14+,16-/m0/s1. The van der Waals surface area contributed by atoms with Gasteiger partial charge in [0, 0.05) is 6.04 Å². The van der Waals surface area contributed by atoms with E-state index in [0.717, 1.165) is 12.8 Å². The van der Waals surface area contributed by atoms with Gasteiger partial charge >= 0.3 is 5.97 Å². The number of amides is 1. The van der Waals surface area contributed by atoms with E-state index < -0.39 is 12.1 Å². The van der Waals surface area contributed by atoms with Crippen molar-refractivity contribution in [3.63, 3.8) is 0 Å². The maximum atomic E-state index is 12.3. The fourth-order valence-electron chi connectivity index (χ4n) is 3.20. The van der Waals surface area contributed by atoms with Gasteiger partial charge < -0.3 is 14.5 Å². The first kappa shape index (κ1) is 17.6. The normalized spacial score (nSPS) is 25.7. The van der Waals surface area contributed by atoms with Crippen LogP contribution in [-0.2, 0) is 9.53 Å². The van der Waals surface area contributed by atoms with Crippen LogP contribution in [0.4, 0.5) is 0 Å². The summed E-state index contributed by atoms with van der Waals surface area (Å²) in [5.74, 6) is 1.44. The SMILES string of the molecule is Cc1cc(C(=O)O[C@H](C)C(=O)N[C@H]2CCC[C@H](C)[C@@H]2C)c(C)o1. The number of carbonyl (C=O) groups excluding carboxylic acids is 2. The van der Waals surface area contributed by atoms with E-state index in [1.54, 1.807) is 26.8 Å². The first-order valence-corrected chi connectivity index (χ1v) is 8.38. The molecule has 5 heteroatoms. The van der Waals surface area contributed by atoms with E-state index in [0.29, 0.717) is 28.9 Å². The number of ether oxygens (including phenoxy) is 1. The molecule has 2 rings (SSSR count). The summed E-state index contributed by atoms with van der Waals surface area (Å²) in [4.78, 5) is 24.4. The Bertz CT molecular complexity index is 578. The molecule has 1 amide bonds. The fraction of sp³-hybridized carbons (Fsp3) is 0.667. The molecule has 1 aromatic heterocycles. The number of aryl methyl sites for hydroxylation is 2. The van der Waals surface area contributed by atoms with Gasteiger partial charge in [-0.2, -0.15) is 0 Å². The molecule has 1 aromatic rings. The number of nitrogens with one attached hydrogen (secondary N) is 1. The predicted molar refractivity (Wildman–Crippen MR) is 87.2 cm³/mol. The van der Waals surface area contributed by atoms with E-state index in [1.165, 1.54) is 6.42 Å². The molecule has 128 valence electrons. The van der Waals surface area contributed by atoms with Gasteiger partial charge in [0.1, 0.15) is 17.1 Å². The molecule has 23 heavy (non-hydrogen) atoms. The lowest BCUT2D eigenvalue weighted by atomic mass is 9.78. The van der Waals surface area contributed by atoms with E-state index in [-0.39, 0.29) is 11.9 Å². The van der Waals surface area contributed by atoms with Crippen LogP contribution in [0.25, 0.3) is 0 Å². The highest BCUT2D eigenvalue weighted by molar-refractivity contribution is 5.93. The first-order valence-electron chi connectivity index (χ1n) is 8.38. The van der Waals surface area contributed by atoms with E-state index in [1.807, 2.05) is 0 Å². The van der Waals surface area contributed by atoms with E-state index in [4.69, 9.17) is 9.15 Å². The minimum absolute atomic E-state index is 0.158. The Labute approximate surface area is 137 Å². The Kier molecular flexibility index (Phi) is 5.50. The Hall–Kier alpha value is -1.78. The molecule has 0 aliphatic heterocycles. The summed E-state index contributed by atoms with van der Waals surface area (Å²) in [5.41, 5.74) is 0.377. The zero-order valence-corrected chi connectivity index (χ0v) is 14.6. The first-order chi connectivity index (χ1) is 10.8. The average Bonchev–Trinajstić information content (AvgIpc) is 2.82. The van der Waals surface area contributed by atoms with Crippen LogP contribution in [0.2, 0.25) is 0 Å². The summed E-state index contributed by atoms with van der Waals surface area (Å²) >= 11 is 0. The van der Waals surface area contributed by atoms with Crippen molar-refractivity contribution in [1.29, 1.82) is 0 Å². The van der Waals surface area contributed by atoms with E-state index >= 15 is 0 Å². The predicted octanol–water partition coefficient (Wildman–Crippen LogP) is 3.38. The number of hydrogen-bond acceptors (Lipinski definition) is 4. The van der Waals surface area contributed by atoms with Gasteiger partial charge in [-0.15, -0.1) is 0 Å². The van der Waals surface area contributed by atoms with E-state index in [9.17, 15) is 9.59 Å². The number of carbonyl (C=O) groups is 2. The monoisotopic (exact) mass is 321 g/mol. The maximum Gasteiger partial charge on any atom is 0.342 e. The molecule has 0 bridgehead atoms. The highest BCUT2D eigenvalue weighted by Crippen LogP contribution is 2.29. The van der Waals surface area contributed by atoms with E-state index in [2.05, 4.69) is 19.2 Å². The van der Waals surface area contributed by atoms with Crippen molar-refractivity contribution >= 4 is 11.9 Å². The molecular weight excluding hydrogens is 294 g/mol. The number of furan rings is 1. The van der Waals surface area contributed by atoms with Crippen molar-refractivity contribution in [3.8, 4) is 0 Å². The number of hydrogen-bond donors (Lipinski definition) is 1. The van der Waals surface area contributed by atoms with Gasteiger partial charge in [0.25, 0.3) is 5.91 Å². The zero-order valence-electron chi connectivity index (χ0n) is 14.6. The molecule has 0 spiro atoms. The summed E-state index contributed by atoms with van der Waals surface area (Å²) in [5, 5.41) is 3.04. The van der Waals surface area contributed by atoms with Gasteiger partial charge in [-0.3, -0.25) is 4.79 Å². The van der Waals surface area contributed by atoms with Gasteiger partial charge in [0.05, 0.1) is 0 Å². The van der Waals surface area contributed by atoms with Crippen LogP contribution in [0, 0.1) is 25.7 Å². The van der Waals surface area contributed by atoms with Crippen molar-refractivity contribution < 1.29 is 18.7 Å². The third-order valence-electron chi connectivity index (χ3n) is 4.95. The molecule has 5 nitrogen and oxygen atoms in total. The third-order valence-corrected chi connectivity index (χ3v) is 4.95. The van der Waals surface area contributed by atoms with Crippen LogP contribution in [-0.4, -0.2) is 24.0 Å². The molecule has 0 saturated heterocycles. The Morgan fingerprint density at radius 2 is 2.00 bits per heavy atom. The smallest absolute Gasteiger partial charge is 0.342 e. The second-order valence-corrected chi connectivity index (χ2v) is 6.76. The van der Waals surface area contributed by atoms with Crippen molar-refractivity contribution in [2.45, 2.75) is 66.0 Å². The highest BCUT2D eigenvalue weighted by Gasteiger charge is 2.30. The second-order valence-electron chi connectivity index (χ2n) is 6.76. The van der Waals surface area contributed by atoms with Crippen LogP contribution in [0.15, 0.2) is 10.5 Å². The molecule has 1 aliphatic rings. The lowest BCUT2D eigenvalue weighted by Gasteiger charge is -2.35. The summed E-state index contributed by atoms with van der Waals surface area (Å²) in [6.07, 6.45) is 2.49. The Balaban J connectivity index is 1.92. The molecule has 0 radical (unpaired) electrons. The maximum absolute atomic E-state index is 12.3. The van der Waals surface area contributed by atoms with Crippen molar-refractivity contribution in [1.82, 2.24) is 5.32 Å². The number of esters is 1. The molecule has 1 N–H and O–H groups in total. The lowest BCUT2D eigenvalue weighted by Crippen LogP contribution is -2.47. The molecule has 0 aromatic carbocycles. The van der Waals surface area contributed by atoms with Crippen molar-refractivity contribution in [2.24, 2.45) is 11.8 Å². The molecule has 4 atom stereocenters. The van der Waals surface area contributed by atoms with Crippen LogP contribution in [0.5, 0.6) is 0 Å². The highest BCUT2D eigenvalue weighted by atomic mass is 16.5. The lowest BCUT2D eigenvalue weighted by molar-refractivity contribution is -0.130. The quantitative estimate of drug-likeness (QED) is 0.863. The second kappa shape index (κ2) is 7.20. The topological polar surface area (TPSA) is 68.5 Å². The molecule has 1 saturated carbocycles. The van der Waals surface area contributed by atoms with Gasteiger partial charge in [-0.05, 0) is 45.1 Å². The fourth-order valence-corrected chi connectivity index (χ4v) is 3.20. The summed E-state index contributed by atoms with van der Waals surface area (Å²) in [7, 11) is 0. The zero-order chi connectivity index (χ0) is 17.1. The molecular formula is C18H27NO4. The summed E-state index contributed by atoms with van der Waals surface area (Å²) in [6, 6.07) is 1.79. The third kappa shape index (κ3) is 4.15. The van der Waals surface area contributed by atoms with Crippen molar-refractivity contribution in [2.75, 3.05) is 0 Å². The van der Waals surface area contributed by atoms with Crippen LogP contribution in [0.3, 0.4) is 0 Å². The number of rotatable bonds is 4. The Morgan fingerprint density at radius 3 is 2.61 bits per heavy atom. The van der Waals surface area contributed by atoms with Gasteiger partial charge in [0.15, 0.2) is 6.10 Å². The molecule has 1 fully saturated rings.